The van der Waals surface area contributed by atoms with Crippen molar-refractivity contribution in [1.82, 2.24) is 4.98 Å². The van der Waals surface area contributed by atoms with E-state index in [-0.39, 0.29) is 6.04 Å². The zero-order valence-corrected chi connectivity index (χ0v) is 7.01. The molecule has 0 bridgehead atoms. The molecule has 0 saturated heterocycles. The van der Waals surface area contributed by atoms with Crippen LogP contribution in [0.1, 0.15) is 18.7 Å². The summed E-state index contributed by atoms with van der Waals surface area (Å²) in [6.07, 6.45) is 1.74. The van der Waals surface area contributed by atoms with Crippen molar-refractivity contribution in [1.29, 1.82) is 0 Å². The Balaban J connectivity index is 2.84. The smallest absolute Gasteiger partial charge is 0.0994 e. The second-order valence-corrected chi connectivity index (χ2v) is 2.33. The summed E-state index contributed by atoms with van der Waals surface area (Å²) in [7, 11) is 0. The zero-order chi connectivity index (χ0) is 8.10. The summed E-state index contributed by atoms with van der Waals surface area (Å²) >= 11 is 4.48. The Hall–Kier alpha value is -1.05. The van der Waals surface area contributed by atoms with E-state index in [0.29, 0.717) is 0 Å². The molecule has 0 aliphatic heterocycles. The molecule has 0 saturated carbocycles. The van der Waals surface area contributed by atoms with Crippen LogP contribution in [0.2, 0.25) is 0 Å². The maximum atomic E-state index is 4.48. The molecular formula is C8H8N2S. The quantitative estimate of drug-likeness (QED) is 0.494. The minimum Gasteiger partial charge on any atom is -0.259 e. The Morgan fingerprint density at radius 2 is 2.45 bits per heavy atom. The Bertz CT molecular complexity index is 265. The molecule has 0 fully saturated rings. The van der Waals surface area contributed by atoms with E-state index in [2.05, 4.69) is 27.4 Å². The first kappa shape index (κ1) is 8.05. The highest BCUT2D eigenvalue weighted by atomic mass is 32.1. The van der Waals surface area contributed by atoms with Crippen LogP contribution in [0.4, 0.5) is 0 Å². The van der Waals surface area contributed by atoms with Gasteiger partial charge in [0, 0.05) is 6.20 Å². The highest BCUT2D eigenvalue weighted by molar-refractivity contribution is 7.78. The first-order chi connectivity index (χ1) is 5.34. The van der Waals surface area contributed by atoms with E-state index >= 15 is 0 Å². The molecule has 1 atom stereocenters. The number of rotatable bonds is 2. The first-order valence-electron chi connectivity index (χ1n) is 3.32. The van der Waals surface area contributed by atoms with Gasteiger partial charge in [-0.25, -0.2) is 4.99 Å². The summed E-state index contributed by atoms with van der Waals surface area (Å²) < 4.78 is 0. The molecule has 56 valence electrons. The lowest BCUT2D eigenvalue weighted by Crippen LogP contribution is -1.91. The van der Waals surface area contributed by atoms with Gasteiger partial charge < -0.3 is 0 Å². The standard InChI is InChI=1S/C8H8N2S/c1-7(10-6-11)8-4-2-3-5-9-8/h2-5,7H,1H3/t7-/m1/s1. The highest BCUT2D eigenvalue weighted by Gasteiger charge is 2.00. The van der Waals surface area contributed by atoms with Crippen LogP contribution < -0.4 is 0 Å². The van der Waals surface area contributed by atoms with Gasteiger partial charge in [-0.05, 0) is 31.3 Å². The number of hydrogen-bond acceptors (Lipinski definition) is 3. The lowest BCUT2D eigenvalue weighted by molar-refractivity contribution is 0.790. The van der Waals surface area contributed by atoms with E-state index in [9.17, 15) is 0 Å². The molecule has 2 nitrogen and oxygen atoms in total. The topological polar surface area (TPSA) is 25.2 Å². The van der Waals surface area contributed by atoms with Crippen LogP contribution in [0.15, 0.2) is 29.4 Å². The summed E-state index contributed by atoms with van der Waals surface area (Å²) in [5.41, 5.74) is 0.921. The van der Waals surface area contributed by atoms with Gasteiger partial charge in [-0.15, -0.1) is 0 Å². The predicted octanol–water partition coefficient (Wildman–Crippen LogP) is 2.25. The van der Waals surface area contributed by atoms with Crippen molar-refractivity contribution in [2.24, 2.45) is 4.99 Å². The molecule has 1 aromatic rings. The first-order valence-corrected chi connectivity index (χ1v) is 3.73. The molecule has 0 spiro atoms. The second kappa shape index (κ2) is 3.96. The Morgan fingerprint density at radius 1 is 1.64 bits per heavy atom. The summed E-state index contributed by atoms with van der Waals surface area (Å²) in [4.78, 5) is 8.01. The van der Waals surface area contributed by atoms with Crippen molar-refractivity contribution in [3.8, 4) is 0 Å². The van der Waals surface area contributed by atoms with Crippen molar-refractivity contribution in [2.45, 2.75) is 13.0 Å². The number of thiocarbonyl (C=S) groups is 1. The summed E-state index contributed by atoms with van der Waals surface area (Å²) in [5, 5.41) is 2.33. The maximum Gasteiger partial charge on any atom is 0.0994 e. The van der Waals surface area contributed by atoms with Gasteiger partial charge in [0.2, 0.25) is 0 Å². The molecule has 0 amide bonds. The predicted molar refractivity (Wildman–Crippen MR) is 47.7 cm³/mol. The third-order valence-corrected chi connectivity index (χ3v) is 1.47. The average Bonchev–Trinajstić information content (AvgIpc) is 2.07. The molecule has 1 aromatic heterocycles. The minimum absolute atomic E-state index is 0.0219. The van der Waals surface area contributed by atoms with Crippen molar-refractivity contribution in [3.63, 3.8) is 0 Å². The molecule has 0 radical (unpaired) electrons. The molecule has 1 rings (SSSR count). The van der Waals surface area contributed by atoms with Crippen LogP contribution in [0.3, 0.4) is 0 Å². The molecule has 3 heteroatoms. The van der Waals surface area contributed by atoms with E-state index in [1.807, 2.05) is 25.1 Å². The lowest BCUT2D eigenvalue weighted by atomic mass is 10.2. The highest BCUT2D eigenvalue weighted by Crippen LogP contribution is 2.11. The molecule has 0 N–H and O–H groups in total. The average molecular weight is 164 g/mol. The van der Waals surface area contributed by atoms with Crippen molar-refractivity contribution in [3.05, 3.63) is 30.1 Å². The van der Waals surface area contributed by atoms with Gasteiger partial charge in [-0.1, -0.05) is 6.07 Å². The van der Waals surface area contributed by atoms with Crippen LogP contribution in [0, 0.1) is 0 Å². The third kappa shape index (κ3) is 2.22. The van der Waals surface area contributed by atoms with Crippen molar-refractivity contribution < 1.29 is 0 Å². The van der Waals surface area contributed by atoms with E-state index in [4.69, 9.17) is 0 Å². The summed E-state index contributed by atoms with van der Waals surface area (Å²) in [5.74, 6) is 0. The number of aliphatic imine (C=N–C) groups is 1. The molecule has 1 heterocycles. The van der Waals surface area contributed by atoms with Crippen LogP contribution in [0.25, 0.3) is 0 Å². The van der Waals surface area contributed by atoms with Gasteiger partial charge >= 0.3 is 0 Å². The molecule has 0 aromatic carbocycles. The molecular weight excluding hydrogens is 156 g/mol. The number of pyridine rings is 1. The molecule has 0 aliphatic carbocycles. The lowest BCUT2D eigenvalue weighted by Gasteiger charge is -2.00. The SMILES string of the molecule is C[C@@H](N=C=S)c1ccccn1. The summed E-state index contributed by atoms with van der Waals surface area (Å²) in [6, 6.07) is 5.74. The minimum atomic E-state index is 0.0219. The normalized spacial score (nSPS) is 11.7. The molecule has 0 unspecified atom stereocenters. The van der Waals surface area contributed by atoms with Crippen molar-refractivity contribution >= 4 is 17.4 Å². The van der Waals surface area contributed by atoms with Gasteiger partial charge in [-0.2, -0.15) is 0 Å². The largest absolute Gasteiger partial charge is 0.259 e. The molecule has 11 heavy (non-hydrogen) atoms. The van der Waals surface area contributed by atoms with Gasteiger partial charge in [0.05, 0.1) is 16.9 Å². The van der Waals surface area contributed by atoms with E-state index in [1.54, 1.807) is 6.20 Å². The van der Waals surface area contributed by atoms with Crippen LogP contribution in [-0.4, -0.2) is 10.1 Å². The van der Waals surface area contributed by atoms with E-state index in [1.165, 1.54) is 0 Å². The molecule has 0 aliphatic rings. The van der Waals surface area contributed by atoms with Gasteiger partial charge in [0.1, 0.15) is 0 Å². The fourth-order valence-electron chi connectivity index (χ4n) is 0.768. The van der Waals surface area contributed by atoms with Gasteiger partial charge in [0.25, 0.3) is 0 Å². The fraction of sp³-hybridized carbons (Fsp3) is 0.250. The summed E-state index contributed by atoms with van der Waals surface area (Å²) in [6.45, 7) is 1.93. The number of isothiocyanates is 1. The van der Waals surface area contributed by atoms with E-state index in [0.717, 1.165) is 5.69 Å². The van der Waals surface area contributed by atoms with Crippen molar-refractivity contribution in [2.75, 3.05) is 0 Å². The number of hydrogen-bond donors (Lipinski definition) is 0. The number of nitrogens with zero attached hydrogens (tertiary/aromatic N) is 2. The Morgan fingerprint density at radius 3 is 3.00 bits per heavy atom. The monoisotopic (exact) mass is 164 g/mol. The second-order valence-electron chi connectivity index (χ2n) is 2.15. The Kier molecular flexibility index (Phi) is 2.90. The van der Waals surface area contributed by atoms with Crippen LogP contribution in [-0.2, 0) is 0 Å². The third-order valence-electron chi connectivity index (χ3n) is 1.36. The zero-order valence-electron chi connectivity index (χ0n) is 6.19. The van der Waals surface area contributed by atoms with Gasteiger partial charge in [-0.3, -0.25) is 4.98 Å². The Labute approximate surface area is 71.0 Å². The van der Waals surface area contributed by atoms with Crippen LogP contribution in [0.5, 0.6) is 0 Å². The fourth-order valence-corrected chi connectivity index (χ4v) is 0.926. The van der Waals surface area contributed by atoms with Gasteiger partial charge in [0.15, 0.2) is 0 Å². The maximum absolute atomic E-state index is 4.48. The number of aromatic nitrogens is 1. The van der Waals surface area contributed by atoms with Crippen LogP contribution >= 0.6 is 12.2 Å². The van der Waals surface area contributed by atoms with E-state index < -0.39 is 0 Å².